The van der Waals surface area contributed by atoms with E-state index in [1.165, 1.54) is 5.56 Å². The summed E-state index contributed by atoms with van der Waals surface area (Å²) in [6.07, 6.45) is 0.886. The number of rotatable bonds is 5. The topological polar surface area (TPSA) is 49.6 Å². The van der Waals surface area contributed by atoms with Crippen molar-refractivity contribution in [1.29, 1.82) is 0 Å². The van der Waals surface area contributed by atoms with Gasteiger partial charge in [0.25, 0.3) is 5.91 Å². The molecule has 1 fully saturated rings. The zero-order chi connectivity index (χ0) is 19.5. The second kappa shape index (κ2) is 8.29. The van der Waals surface area contributed by atoms with Gasteiger partial charge in [-0.3, -0.25) is 9.69 Å². The van der Waals surface area contributed by atoms with Crippen LogP contribution in [0.15, 0.2) is 46.2 Å². The summed E-state index contributed by atoms with van der Waals surface area (Å²) in [5.74, 6) is 1.57. The Bertz CT molecular complexity index is 940. The van der Waals surface area contributed by atoms with Crippen molar-refractivity contribution in [3.63, 3.8) is 0 Å². The van der Waals surface area contributed by atoms with Gasteiger partial charge in [0, 0.05) is 44.5 Å². The summed E-state index contributed by atoms with van der Waals surface area (Å²) in [7, 11) is 0. The fourth-order valence-corrected chi connectivity index (χ4v) is 4.44. The molecule has 5 nitrogen and oxygen atoms in total. The molecule has 0 unspecified atom stereocenters. The lowest BCUT2D eigenvalue weighted by Crippen LogP contribution is -2.48. The zero-order valence-electron chi connectivity index (χ0n) is 16.4. The predicted octanol–water partition coefficient (Wildman–Crippen LogP) is 3.90. The number of hydrogen-bond acceptors (Lipinski definition) is 5. The Balaban J connectivity index is 1.30. The molecule has 1 aliphatic rings. The lowest BCUT2D eigenvalue weighted by Gasteiger charge is -2.34. The summed E-state index contributed by atoms with van der Waals surface area (Å²) in [6, 6.07) is 12.3. The molecule has 1 amide bonds. The van der Waals surface area contributed by atoms with Crippen LogP contribution in [0.5, 0.6) is 0 Å². The summed E-state index contributed by atoms with van der Waals surface area (Å²) in [4.78, 5) is 21.8. The van der Waals surface area contributed by atoms with Crippen molar-refractivity contribution in [3.05, 3.63) is 75.1 Å². The third-order valence-corrected chi connectivity index (χ3v) is 6.01. The molecule has 0 radical (unpaired) electrons. The highest BCUT2D eigenvalue weighted by Gasteiger charge is 2.25. The van der Waals surface area contributed by atoms with Crippen molar-refractivity contribution in [2.24, 2.45) is 0 Å². The lowest BCUT2D eigenvalue weighted by atomic mass is 10.2. The number of benzene rings is 1. The van der Waals surface area contributed by atoms with Crippen LogP contribution in [0.4, 0.5) is 0 Å². The SMILES string of the molecule is Cc1cc(C(=O)N2CCN(Cc3csc(Cc4ccccc4)n3)CC2)c(C)o1. The molecule has 0 N–H and O–H groups in total. The van der Waals surface area contributed by atoms with E-state index in [4.69, 9.17) is 9.40 Å². The highest BCUT2D eigenvalue weighted by atomic mass is 32.1. The first-order valence-electron chi connectivity index (χ1n) is 9.64. The minimum atomic E-state index is 0.0767. The van der Waals surface area contributed by atoms with Gasteiger partial charge in [0.1, 0.15) is 11.5 Å². The normalized spacial score (nSPS) is 15.1. The summed E-state index contributed by atoms with van der Waals surface area (Å²) in [6.45, 7) is 7.79. The smallest absolute Gasteiger partial charge is 0.257 e. The molecule has 2 aromatic heterocycles. The maximum atomic E-state index is 12.7. The van der Waals surface area contributed by atoms with Gasteiger partial charge < -0.3 is 9.32 Å². The summed E-state index contributed by atoms with van der Waals surface area (Å²) >= 11 is 1.73. The zero-order valence-corrected chi connectivity index (χ0v) is 17.2. The molecule has 1 saturated heterocycles. The highest BCUT2D eigenvalue weighted by molar-refractivity contribution is 7.09. The predicted molar refractivity (Wildman–Crippen MR) is 111 cm³/mol. The number of furan rings is 1. The van der Waals surface area contributed by atoms with Gasteiger partial charge in [-0.15, -0.1) is 11.3 Å². The first kappa shape index (κ1) is 18.9. The van der Waals surface area contributed by atoms with E-state index in [1.807, 2.05) is 30.9 Å². The van der Waals surface area contributed by atoms with Crippen LogP contribution >= 0.6 is 11.3 Å². The average Bonchev–Trinajstić information content (AvgIpc) is 3.28. The van der Waals surface area contributed by atoms with E-state index in [1.54, 1.807) is 11.3 Å². The van der Waals surface area contributed by atoms with Crippen molar-refractivity contribution in [2.45, 2.75) is 26.8 Å². The largest absolute Gasteiger partial charge is 0.466 e. The number of hydrogen-bond donors (Lipinski definition) is 0. The molecule has 0 saturated carbocycles. The number of aromatic nitrogens is 1. The van der Waals surface area contributed by atoms with Crippen LogP contribution in [0, 0.1) is 13.8 Å². The molecule has 0 spiro atoms. The molecule has 1 aliphatic heterocycles. The summed E-state index contributed by atoms with van der Waals surface area (Å²) in [5, 5.41) is 3.31. The maximum absolute atomic E-state index is 12.7. The Kier molecular flexibility index (Phi) is 5.59. The molecule has 3 heterocycles. The molecule has 4 rings (SSSR count). The van der Waals surface area contributed by atoms with Crippen molar-refractivity contribution >= 4 is 17.2 Å². The quantitative estimate of drug-likeness (QED) is 0.657. The van der Waals surface area contributed by atoms with Gasteiger partial charge in [0.15, 0.2) is 0 Å². The number of nitrogens with zero attached hydrogens (tertiary/aromatic N) is 3. The van der Waals surface area contributed by atoms with Crippen LogP contribution in [0.1, 0.15) is 38.1 Å². The maximum Gasteiger partial charge on any atom is 0.257 e. The van der Waals surface area contributed by atoms with Crippen LogP contribution in [-0.2, 0) is 13.0 Å². The van der Waals surface area contributed by atoms with E-state index in [9.17, 15) is 4.79 Å². The number of thiazole rings is 1. The van der Waals surface area contributed by atoms with Gasteiger partial charge in [0.2, 0.25) is 0 Å². The third-order valence-electron chi connectivity index (χ3n) is 5.11. The fraction of sp³-hybridized carbons (Fsp3) is 0.364. The van der Waals surface area contributed by atoms with Crippen LogP contribution in [0.25, 0.3) is 0 Å². The van der Waals surface area contributed by atoms with E-state index in [-0.39, 0.29) is 5.91 Å². The molecule has 1 aromatic carbocycles. The van der Waals surface area contributed by atoms with Gasteiger partial charge in [-0.25, -0.2) is 4.98 Å². The molecule has 146 valence electrons. The Hall–Kier alpha value is -2.44. The number of carbonyl (C=O) groups excluding carboxylic acids is 1. The number of carbonyl (C=O) groups is 1. The van der Waals surface area contributed by atoms with E-state index in [2.05, 4.69) is 34.5 Å². The van der Waals surface area contributed by atoms with E-state index in [0.29, 0.717) is 11.3 Å². The number of piperazine rings is 1. The van der Waals surface area contributed by atoms with Crippen LogP contribution in [0.2, 0.25) is 0 Å². The van der Waals surface area contributed by atoms with Gasteiger partial charge >= 0.3 is 0 Å². The first-order chi connectivity index (χ1) is 13.6. The molecule has 28 heavy (non-hydrogen) atoms. The molecule has 0 atom stereocenters. The van der Waals surface area contributed by atoms with Crippen LogP contribution < -0.4 is 0 Å². The summed E-state index contributed by atoms with van der Waals surface area (Å²) < 4.78 is 5.51. The Morgan fingerprint density at radius 3 is 2.57 bits per heavy atom. The average molecular weight is 396 g/mol. The van der Waals surface area contributed by atoms with Crippen molar-refractivity contribution in [2.75, 3.05) is 26.2 Å². The molecule has 0 bridgehead atoms. The molecular formula is C22H25N3O2S. The molecule has 6 heteroatoms. The molecule has 3 aromatic rings. The monoisotopic (exact) mass is 395 g/mol. The van der Waals surface area contributed by atoms with E-state index >= 15 is 0 Å². The lowest BCUT2D eigenvalue weighted by molar-refractivity contribution is 0.0625. The third kappa shape index (κ3) is 4.34. The Morgan fingerprint density at radius 1 is 1.14 bits per heavy atom. The van der Waals surface area contributed by atoms with Gasteiger partial charge in [0.05, 0.1) is 16.3 Å². The van der Waals surface area contributed by atoms with Gasteiger partial charge in [-0.05, 0) is 25.5 Å². The van der Waals surface area contributed by atoms with Crippen LogP contribution in [-0.4, -0.2) is 46.9 Å². The second-order valence-corrected chi connectivity index (χ2v) is 8.23. The first-order valence-corrected chi connectivity index (χ1v) is 10.5. The summed E-state index contributed by atoms with van der Waals surface area (Å²) in [5.41, 5.74) is 3.10. The van der Waals surface area contributed by atoms with E-state index in [0.717, 1.165) is 55.6 Å². The van der Waals surface area contributed by atoms with Gasteiger partial charge in [-0.1, -0.05) is 30.3 Å². The Morgan fingerprint density at radius 2 is 1.89 bits per heavy atom. The van der Waals surface area contributed by atoms with Crippen molar-refractivity contribution < 1.29 is 9.21 Å². The standard InChI is InChI=1S/C22H25N3O2S/c1-16-12-20(17(2)27-16)22(26)25-10-8-24(9-11-25)14-19-15-28-21(23-19)13-18-6-4-3-5-7-18/h3-7,12,15H,8-11,13-14H2,1-2H3. The Labute approximate surface area is 169 Å². The van der Waals surface area contributed by atoms with Crippen molar-refractivity contribution in [1.82, 2.24) is 14.8 Å². The fourth-order valence-electron chi connectivity index (χ4n) is 3.62. The highest BCUT2D eigenvalue weighted by Crippen LogP contribution is 2.19. The van der Waals surface area contributed by atoms with Crippen LogP contribution in [0.3, 0.4) is 0 Å². The molecule has 0 aliphatic carbocycles. The van der Waals surface area contributed by atoms with Crippen molar-refractivity contribution in [3.8, 4) is 0 Å². The molecular weight excluding hydrogens is 370 g/mol. The number of amides is 1. The minimum absolute atomic E-state index is 0.0767. The van der Waals surface area contributed by atoms with E-state index < -0.39 is 0 Å². The minimum Gasteiger partial charge on any atom is -0.466 e. The van der Waals surface area contributed by atoms with Gasteiger partial charge in [-0.2, -0.15) is 0 Å². The second-order valence-electron chi connectivity index (χ2n) is 7.29. The number of aryl methyl sites for hydroxylation is 2.